The number of ketones is 1. The number of nitrogens with one attached hydrogen (secondary N) is 1. The molecular weight excluding hydrogens is 312 g/mol. The summed E-state index contributed by atoms with van der Waals surface area (Å²) in [7, 11) is 0. The molecule has 0 fully saturated rings. The zero-order valence-electron chi connectivity index (χ0n) is 13.9. The van der Waals surface area contributed by atoms with Crippen molar-refractivity contribution in [3.8, 4) is 0 Å². The Balaban J connectivity index is 1.57. The molecule has 2 aromatic carbocycles. The molecular formula is C20H20N4O. The molecule has 0 saturated carbocycles. The number of amidine groups is 1. The lowest BCUT2D eigenvalue weighted by Gasteiger charge is -2.03. The molecule has 0 aliphatic heterocycles. The molecule has 0 aliphatic carbocycles. The quantitative estimate of drug-likeness (QED) is 0.396. The predicted octanol–water partition coefficient (Wildman–Crippen LogP) is 3.03. The lowest BCUT2D eigenvalue weighted by molar-refractivity contribution is 0.0982. The molecule has 0 radical (unpaired) electrons. The van der Waals surface area contributed by atoms with E-state index in [4.69, 9.17) is 11.1 Å². The van der Waals surface area contributed by atoms with Gasteiger partial charge in [-0.15, -0.1) is 0 Å². The first-order chi connectivity index (χ1) is 12.1. The summed E-state index contributed by atoms with van der Waals surface area (Å²) in [6, 6.07) is 17.4. The second-order valence-corrected chi connectivity index (χ2v) is 5.95. The highest BCUT2D eigenvalue weighted by Gasteiger charge is 2.09. The third-order valence-corrected chi connectivity index (χ3v) is 4.05. The average molecular weight is 332 g/mol. The number of nitrogens with zero attached hydrogens (tertiary/aromatic N) is 2. The van der Waals surface area contributed by atoms with Gasteiger partial charge < -0.3 is 5.73 Å². The van der Waals surface area contributed by atoms with Crippen molar-refractivity contribution in [2.75, 3.05) is 0 Å². The Bertz CT molecular complexity index is 866. The van der Waals surface area contributed by atoms with Crippen LogP contribution in [0.3, 0.4) is 0 Å². The maximum atomic E-state index is 12.4. The number of Topliss-reactive ketones (excluding diaryl/α,β-unsaturated/α-hetero) is 1. The molecule has 0 spiro atoms. The molecule has 0 bridgehead atoms. The van der Waals surface area contributed by atoms with Crippen LogP contribution in [-0.4, -0.2) is 21.4 Å². The van der Waals surface area contributed by atoms with E-state index in [0.29, 0.717) is 30.5 Å². The Morgan fingerprint density at radius 2 is 1.72 bits per heavy atom. The van der Waals surface area contributed by atoms with Gasteiger partial charge in [0.1, 0.15) is 5.84 Å². The highest BCUT2D eigenvalue weighted by atomic mass is 16.1. The van der Waals surface area contributed by atoms with Gasteiger partial charge in [0, 0.05) is 18.2 Å². The number of benzene rings is 2. The van der Waals surface area contributed by atoms with E-state index in [1.165, 1.54) is 0 Å². The SMILES string of the molecule is N=C(N)c1ccc(CCC(=O)c2cnn(Cc3ccccc3)c2)cc1. The van der Waals surface area contributed by atoms with E-state index in [1.54, 1.807) is 29.2 Å². The zero-order chi connectivity index (χ0) is 17.6. The van der Waals surface area contributed by atoms with Crippen LogP contribution in [0.25, 0.3) is 0 Å². The average Bonchev–Trinajstić information content (AvgIpc) is 3.09. The largest absolute Gasteiger partial charge is 0.384 e. The molecule has 3 rings (SSSR count). The monoisotopic (exact) mass is 332 g/mol. The van der Waals surface area contributed by atoms with E-state index >= 15 is 0 Å². The van der Waals surface area contributed by atoms with Crippen molar-refractivity contribution in [2.45, 2.75) is 19.4 Å². The van der Waals surface area contributed by atoms with Crippen LogP contribution in [0.2, 0.25) is 0 Å². The Labute approximate surface area is 146 Å². The molecule has 5 heteroatoms. The summed E-state index contributed by atoms with van der Waals surface area (Å²) in [6.45, 7) is 0.653. The van der Waals surface area contributed by atoms with Crippen molar-refractivity contribution in [2.24, 2.45) is 5.73 Å². The Hall–Kier alpha value is -3.21. The Kier molecular flexibility index (Phi) is 5.04. The van der Waals surface area contributed by atoms with Crippen molar-refractivity contribution in [1.29, 1.82) is 5.41 Å². The number of aromatic nitrogens is 2. The maximum Gasteiger partial charge on any atom is 0.166 e. The lowest BCUT2D eigenvalue weighted by Crippen LogP contribution is -2.10. The van der Waals surface area contributed by atoms with Gasteiger partial charge >= 0.3 is 0 Å². The van der Waals surface area contributed by atoms with Crippen molar-refractivity contribution >= 4 is 11.6 Å². The fourth-order valence-corrected chi connectivity index (χ4v) is 2.62. The standard InChI is InChI=1S/C20H20N4O/c21-20(22)17-9-6-15(7-10-17)8-11-19(25)18-12-23-24(14-18)13-16-4-2-1-3-5-16/h1-7,9-10,12,14H,8,11,13H2,(H3,21,22). The van der Waals surface area contributed by atoms with Crippen LogP contribution >= 0.6 is 0 Å². The third-order valence-electron chi connectivity index (χ3n) is 4.05. The second kappa shape index (κ2) is 7.57. The van der Waals surface area contributed by atoms with Crippen molar-refractivity contribution in [3.63, 3.8) is 0 Å². The minimum atomic E-state index is 0.0495. The Morgan fingerprint density at radius 3 is 2.40 bits per heavy atom. The number of nitrogens with two attached hydrogens (primary N) is 1. The van der Waals surface area contributed by atoms with E-state index in [-0.39, 0.29) is 11.6 Å². The van der Waals surface area contributed by atoms with Crippen LogP contribution in [0.15, 0.2) is 67.0 Å². The smallest absolute Gasteiger partial charge is 0.166 e. The topological polar surface area (TPSA) is 84.8 Å². The van der Waals surface area contributed by atoms with Crippen molar-refractivity contribution in [3.05, 3.63) is 89.2 Å². The summed E-state index contributed by atoms with van der Waals surface area (Å²) >= 11 is 0. The summed E-state index contributed by atoms with van der Waals surface area (Å²) in [4.78, 5) is 12.4. The predicted molar refractivity (Wildman–Crippen MR) is 97.9 cm³/mol. The molecule has 3 N–H and O–H groups in total. The van der Waals surface area contributed by atoms with Gasteiger partial charge in [-0.2, -0.15) is 5.10 Å². The normalized spacial score (nSPS) is 10.6. The zero-order valence-corrected chi connectivity index (χ0v) is 13.9. The van der Waals surface area contributed by atoms with E-state index in [9.17, 15) is 4.79 Å². The van der Waals surface area contributed by atoms with Crippen LogP contribution < -0.4 is 5.73 Å². The molecule has 0 amide bonds. The van der Waals surface area contributed by atoms with Crippen LogP contribution in [-0.2, 0) is 13.0 Å². The fraction of sp³-hybridized carbons (Fsp3) is 0.150. The molecule has 0 saturated heterocycles. The van der Waals surface area contributed by atoms with Crippen LogP contribution in [0, 0.1) is 5.41 Å². The number of hydrogen-bond acceptors (Lipinski definition) is 3. The number of aryl methyl sites for hydroxylation is 1. The number of nitrogen functional groups attached to an aromatic ring is 1. The molecule has 126 valence electrons. The number of rotatable bonds is 7. The Morgan fingerprint density at radius 1 is 1.00 bits per heavy atom. The van der Waals surface area contributed by atoms with E-state index in [0.717, 1.165) is 11.1 Å². The van der Waals surface area contributed by atoms with Gasteiger partial charge in [-0.3, -0.25) is 14.9 Å². The van der Waals surface area contributed by atoms with Gasteiger partial charge in [0.25, 0.3) is 0 Å². The highest BCUT2D eigenvalue weighted by molar-refractivity contribution is 5.96. The first-order valence-corrected chi connectivity index (χ1v) is 8.15. The number of hydrogen-bond donors (Lipinski definition) is 2. The molecule has 3 aromatic rings. The van der Waals surface area contributed by atoms with Gasteiger partial charge in [-0.25, -0.2) is 0 Å². The van der Waals surface area contributed by atoms with E-state index in [1.807, 2.05) is 42.5 Å². The summed E-state index contributed by atoms with van der Waals surface area (Å²) in [6.07, 6.45) is 4.51. The fourth-order valence-electron chi connectivity index (χ4n) is 2.62. The van der Waals surface area contributed by atoms with Gasteiger partial charge in [0.05, 0.1) is 18.3 Å². The molecule has 1 aromatic heterocycles. The summed E-state index contributed by atoms with van der Waals surface area (Å²) in [5.41, 5.74) is 8.97. The minimum Gasteiger partial charge on any atom is -0.384 e. The van der Waals surface area contributed by atoms with Gasteiger partial charge in [-0.1, -0.05) is 54.6 Å². The van der Waals surface area contributed by atoms with Crippen LogP contribution in [0.1, 0.15) is 33.5 Å². The summed E-state index contributed by atoms with van der Waals surface area (Å²) < 4.78 is 1.78. The molecule has 1 heterocycles. The second-order valence-electron chi connectivity index (χ2n) is 5.95. The number of carbonyl (C=O) groups excluding carboxylic acids is 1. The van der Waals surface area contributed by atoms with Crippen molar-refractivity contribution in [1.82, 2.24) is 9.78 Å². The molecule has 0 aliphatic rings. The highest BCUT2D eigenvalue weighted by Crippen LogP contribution is 2.11. The molecule has 0 unspecified atom stereocenters. The molecule has 25 heavy (non-hydrogen) atoms. The maximum absolute atomic E-state index is 12.4. The minimum absolute atomic E-state index is 0.0495. The summed E-state index contributed by atoms with van der Waals surface area (Å²) in [5, 5.41) is 11.7. The van der Waals surface area contributed by atoms with Gasteiger partial charge in [0.15, 0.2) is 5.78 Å². The van der Waals surface area contributed by atoms with E-state index < -0.39 is 0 Å². The summed E-state index contributed by atoms with van der Waals surface area (Å²) in [5.74, 6) is 0.128. The first-order valence-electron chi connectivity index (χ1n) is 8.15. The number of carbonyl (C=O) groups is 1. The van der Waals surface area contributed by atoms with Gasteiger partial charge in [-0.05, 0) is 17.5 Å². The lowest BCUT2D eigenvalue weighted by atomic mass is 10.0. The van der Waals surface area contributed by atoms with E-state index in [2.05, 4.69) is 5.10 Å². The third kappa shape index (κ3) is 4.41. The van der Waals surface area contributed by atoms with Crippen molar-refractivity contribution < 1.29 is 4.79 Å². The first kappa shape index (κ1) is 16.6. The molecule has 0 atom stereocenters. The molecule has 5 nitrogen and oxygen atoms in total. The van der Waals surface area contributed by atoms with Crippen LogP contribution in [0.4, 0.5) is 0 Å². The van der Waals surface area contributed by atoms with Crippen LogP contribution in [0.5, 0.6) is 0 Å². The van der Waals surface area contributed by atoms with Gasteiger partial charge in [0.2, 0.25) is 0 Å².